The third kappa shape index (κ3) is 5.76. The van der Waals surface area contributed by atoms with Crippen LogP contribution in [0, 0.1) is 23.2 Å². The molecule has 1 rings (SSSR count). The maximum Gasteiger partial charge on any atom is 0.326 e. The van der Waals surface area contributed by atoms with Crippen LogP contribution < -0.4 is 5.32 Å². The molecule has 6 nitrogen and oxygen atoms in total. The summed E-state index contributed by atoms with van der Waals surface area (Å²) in [6.45, 7) is 7.58. The third-order valence-corrected chi connectivity index (χ3v) is 3.81. The molecule has 1 heterocycles. The summed E-state index contributed by atoms with van der Waals surface area (Å²) in [4.78, 5) is 25.3. The second kappa shape index (κ2) is 8.42. The molecular weight excluding hydrogens is 282 g/mol. The Kier molecular flexibility index (Phi) is 6.90. The van der Waals surface area contributed by atoms with Gasteiger partial charge in [-0.15, -0.1) is 0 Å². The number of hydrogen-bond acceptors (Lipinski definition) is 4. The minimum absolute atomic E-state index is 0.0374. The van der Waals surface area contributed by atoms with Gasteiger partial charge in [0.15, 0.2) is 0 Å². The number of piperidine rings is 1. The lowest BCUT2D eigenvalue weighted by atomic mass is 9.99. The Labute approximate surface area is 131 Å². The maximum absolute atomic E-state index is 12.1. The maximum atomic E-state index is 12.1. The van der Waals surface area contributed by atoms with Gasteiger partial charge in [-0.1, -0.05) is 20.8 Å². The van der Waals surface area contributed by atoms with Crippen molar-refractivity contribution in [2.45, 2.75) is 46.1 Å². The molecule has 1 saturated heterocycles. The van der Waals surface area contributed by atoms with Crippen molar-refractivity contribution >= 4 is 11.9 Å². The van der Waals surface area contributed by atoms with Crippen LogP contribution in [0.2, 0.25) is 0 Å². The molecule has 1 unspecified atom stereocenters. The fraction of sp³-hybridized carbons (Fsp3) is 0.688. The van der Waals surface area contributed by atoms with E-state index in [1.807, 2.05) is 24.8 Å². The van der Waals surface area contributed by atoms with Gasteiger partial charge < -0.3 is 15.3 Å². The molecule has 0 spiro atoms. The molecule has 122 valence electrons. The molecule has 1 aliphatic rings. The first kappa shape index (κ1) is 18.0. The van der Waals surface area contributed by atoms with Crippen LogP contribution in [0.5, 0.6) is 0 Å². The van der Waals surface area contributed by atoms with Gasteiger partial charge in [0.2, 0.25) is 0 Å². The lowest BCUT2D eigenvalue weighted by Crippen LogP contribution is -2.42. The molecular formula is C16H25N3O3. The first-order valence-corrected chi connectivity index (χ1v) is 7.73. The average Bonchev–Trinajstić information content (AvgIpc) is 2.45. The highest BCUT2D eigenvalue weighted by Gasteiger charge is 2.23. The van der Waals surface area contributed by atoms with Crippen LogP contribution in [0.25, 0.3) is 0 Å². The third-order valence-electron chi connectivity index (χ3n) is 3.81. The van der Waals surface area contributed by atoms with E-state index in [4.69, 9.17) is 10.4 Å². The SMILES string of the molecule is CC(C)CC(NC(=O)/C(C#N)=C\N1CCC(C)CC1)C(=O)O. The highest BCUT2D eigenvalue weighted by molar-refractivity contribution is 5.99. The predicted octanol–water partition coefficient (Wildman–Crippen LogP) is 1.74. The summed E-state index contributed by atoms with van der Waals surface area (Å²) in [7, 11) is 0. The minimum Gasteiger partial charge on any atom is -0.480 e. The smallest absolute Gasteiger partial charge is 0.326 e. The molecule has 6 heteroatoms. The van der Waals surface area contributed by atoms with E-state index in [1.165, 1.54) is 0 Å². The molecule has 0 aromatic rings. The molecule has 0 bridgehead atoms. The lowest BCUT2D eigenvalue weighted by molar-refractivity contribution is -0.141. The van der Waals surface area contributed by atoms with Crippen LogP contribution in [-0.2, 0) is 9.59 Å². The Bertz CT molecular complexity index is 472. The average molecular weight is 307 g/mol. The van der Waals surface area contributed by atoms with E-state index in [1.54, 1.807) is 6.20 Å². The van der Waals surface area contributed by atoms with E-state index in [-0.39, 0.29) is 11.5 Å². The monoisotopic (exact) mass is 307 g/mol. The molecule has 1 atom stereocenters. The molecule has 0 aliphatic carbocycles. The topological polar surface area (TPSA) is 93.4 Å². The summed E-state index contributed by atoms with van der Waals surface area (Å²) in [5.74, 6) is -0.897. The quantitative estimate of drug-likeness (QED) is 0.576. The van der Waals surface area contributed by atoms with Gasteiger partial charge in [0.25, 0.3) is 5.91 Å². The molecule has 0 radical (unpaired) electrons. The van der Waals surface area contributed by atoms with Crippen molar-refractivity contribution in [1.29, 1.82) is 5.26 Å². The van der Waals surface area contributed by atoms with E-state index in [0.717, 1.165) is 25.9 Å². The van der Waals surface area contributed by atoms with Crippen molar-refractivity contribution in [1.82, 2.24) is 10.2 Å². The zero-order valence-electron chi connectivity index (χ0n) is 13.5. The summed E-state index contributed by atoms with van der Waals surface area (Å²) >= 11 is 0. The van der Waals surface area contributed by atoms with Gasteiger partial charge in [0.1, 0.15) is 17.7 Å². The van der Waals surface area contributed by atoms with Crippen LogP contribution in [0.4, 0.5) is 0 Å². The van der Waals surface area contributed by atoms with Crippen molar-refractivity contribution in [3.05, 3.63) is 11.8 Å². The molecule has 0 aromatic heterocycles. The number of aliphatic carboxylic acids is 1. The number of carbonyl (C=O) groups excluding carboxylic acids is 1. The van der Waals surface area contributed by atoms with E-state index in [2.05, 4.69) is 12.2 Å². The second-order valence-corrected chi connectivity index (χ2v) is 6.37. The number of hydrogen-bond donors (Lipinski definition) is 2. The Balaban J connectivity index is 2.71. The Morgan fingerprint density at radius 3 is 2.45 bits per heavy atom. The molecule has 0 saturated carbocycles. The predicted molar refractivity (Wildman–Crippen MR) is 82.7 cm³/mol. The highest BCUT2D eigenvalue weighted by Crippen LogP contribution is 2.17. The Morgan fingerprint density at radius 1 is 1.41 bits per heavy atom. The highest BCUT2D eigenvalue weighted by atomic mass is 16.4. The molecule has 0 aromatic carbocycles. The number of amides is 1. The van der Waals surface area contributed by atoms with Gasteiger partial charge in [-0.25, -0.2) is 4.79 Å². The van der Waals surface area contributed by atoms with Crippen LogP contribution in [0.1, 0.15) is 40.0 Å². The summed E-state index contributed by atoms with van der Waals surface area (Å²) < 4.78 is 0. The van der Waals surface area contributed by atoms with Gasteiger partial charge in [0.05, 0.1) is 0 Å². The normalized spacial score (nSPS) is 18.0. The first-order chi connectivity index (χ1) is 10.3. The summed E-state index contributed by atoms with van der Waals surface area (Å²) in [6, 6.07) is 0.905. The number of nitriles is 1. The first-order valence-electron chi connectivity index (χ1n) is 7.73. The van der Waals surface area contributed by atoms with E-state index < -0.39 is 17.9 Å². The van der Waals surface area contributed by atoms with Gasteiger partial charge in [-0.3, -0.25) is 4.79 Å². The van der Waals surface area contributed by atoms with Gasteiger partial charge >= 0.3 is 5.97 Å². The summed E-state index contributed by atoms with van der Waals surface area (Å²) in [5.41, 5.74) is -0.0374. The summed E-state index contributed by atoms with van der Waals surface area (Å²) in [6.07, 6.45) is 3.94. The van der Waals surface area contributed by atoms with Gasteiger partial charge in [-0.05, 0) is 31.1 Å². The zero-order chi connectivity index (χ0) is 16.7. The number of nitrogens with zero attached hydrogens (tertiary/aromatic N) is 2. The molecule has 1 fully saturated rings. The Morgan fingerprint density at radius 2 is 2.00 bits per heavy atom. The largest absolute Gasteiger partial charge is 0.480 e. The van der Waals surface area contributed by atoms with Crippen molar-refractivity contribution in [2.24, 2.45) is 11.8 Å². The van der Waals surface area contributed by atoms with E-state index in [0.29, 0.717) is 12.3 Å². The van der Waals surface area contributed by atoms with Crippen molar-refractivity contribution in [3.8, 4) is 6.07 Å². The van der Waals surface area contributed by atoms with Crippen LogP contribution in [0.3, 0.4) is 0 Å². The van der Waals surface area contributed by atoms with Crippen LogP contribution >= 0.6 is 0 Å². The molecule has 22 heavy (non-hydrogen) atoms. The second-order valence-electron chi connectivity index (χ2n) is 6.37. The number of carboxylic acids is 1. The van der Waals surface area contributed by atoms with Crippen molar-refractivity contribution in [2.75, 3.05) is 13.1 Å². The van der Waals surface area contributed by atoms with Crippen molar-refractivity contribution < 1.29 is 14.7 Å². The zero-order valence-corrected chi connectivity index (χ0v) is 13.5. The van der Waals surface area contributed by atoms with Crippen LogP contribution in [0.15, 0.2) is 11.8 Å². The molecule has 1 aliphatic heterocycles. The van der Waals surface area contributed by atoms with Gasteiger partial charge in [-0.2, -0.15) is 5.26 Å². The van der Waals surface area contributed by atoms with E-state index >= 15 is 0 Å². The number of rotatable bonds is 6. The number of nitrogens with one attached hydrogen (secondary N) is 1. The minimum atomic E-state index is -1.08. The number of likely N-dealkylation sites (tertiary alicyclic amines) is 1. The molecule has 1 amide bonds. The molecule has 2 N–H and O–H groups in total. The number of carboxylic acid groups (broad SMARTS) is 1. The lowest BCUT2D eigenvalue weighted by Gasteiger charge is -2.29. The Hall–Kier alpha value is -2.03. The summed E-state index contributed by atoms with van der Waals surface area (Å²) in [5, 5.41) is 20.7. The fourth-order valence-corrected chi connectivity index (χ4v) is 2.41. The standard InChI is InChI=1S/C16H25N3O3/c1-11(2)8-14(16(21)22)18-15(20)13(9-17)10-19-6-4-12(3)5-7-19/h10-12,14H,4-8H2,1-3H3,(H,18,20)(H,21,22)/b13-10-. The fourth-order valence-electron chi connectivity index (χ4n) is 2.41. The number of carbonyl (C=O) groups is 2. The van der Waals surface area contributed by atoms with Gasteiger partial charge in [0, 0.05) is 19.3 Å². The van der Waals surface area contributed by atoms with E-state index in [9.17, 15) is 9.59 Å². The van der Waals surface area contributed by atoms with Crippen LogP contribution in [-0.4, -0.2) is 41.0 Å². The van der Waals surface area contributed by atoms with Crippen molar-refractivity contribution in [3.63, 3.8) is 0 Å².